The van der Waals surface area contributed by atoms with Gasteiger partial charge in [0.05, 0.1) is 12.2 Å². The minimum atomic E-state index is 0.533. The molecule has 0 amide bonds. The number of likely N-dealkylation sites (tertiary alicyclic amines) is 1. The van der Waals surface area contributed by atoms with Gasteiger partial charge in [-0.05, 0) is 32.6 Å². The zero-order valence-corrected chi connectivity index (χ0v) is 15.9. The highest BCUT2D eigenvalue weighted by Crippen LogP contribution is 2.29. The van der Waals surface area contributed by atoms with Gasteiger partial charge in [-0.1, -0.05) is 0 Å². The second-order valence-corrected chi connectivity index (χ2v) is 7.73. The quantitative estimate of drug-likeness (QED) is 0.606. The highest BCUT2D eigenvalue weighted by molar-refractivity contribution is 7.13. The predicted molar refractivity (Wildman–Crippen MR) is 102 cm³/mol. The number of aromatic nitrogens is 1. The first-order chi connectivity index (χ1) is 11.7. The van der Waals surface area contributed by atoms with Gasteiger partial charge in [0.2, 0.25) is 0 Å². The van der Waals surface area contributed by atoms with Crippen LogP contribution in [-0.2, 0) is 6.54 Å². The van der Waals surface area contributed by atoms with E-state index in [2.05, 4.69) is 32.8 Å². The molecule has 1 saturated carbocycles. The molecule has 0 spiro atoms. The number of hydrogen-bond acceptors (Lipinski definition) is 5. The van der Waals surface area contributed by atoms with Gasteiger partial charge < -0.3 is 20.4 Å². The summed E-state index contributed by atoms with van der Waals surface area (Å²) in [6, 6.07) is 1.42. The van der Waals surface area contributed by atoms with Crippen LogP contribution in [0.15, 0.2) is 10.4 Å². The monoisotopic (exact) mass is 350 g/mol. The van der Waals surface area contributed by atoms with Crippen molar-refractivity contribution in [1.82, 2.24) is 20.5 Å². The third-order valence-electron chi connectivity index (χ3n) is 4.60. The second-order valence-electron chi connectivity index (χ2n) is 6.90. The summed E-state index contributed by atoms with van der Waals surface area (Å²) in [5, 5.41) is 10.1. The lowest BCUT2D eigenvalue weighted by Gasteiger charge is -2.33. The molecular weight excluding hydrogens is 320 g/mol. The van der Waals surface area contributed by atoms with Crippen LogP contribution in [0, 0.1) is 0 Å². The fraction of sp³-hybridized carbons (Fsp3) is 0.765. The van der Waals surface area contributed by atoms with Crippen LogP contribution in [-0.4, -0.2) is 61.7 Å². The average molecular weight is 351 g/mol. The third kappa shape index (κ3) is 4.83. The largest absolute Gasteiger partial charge is 0.357 e. The smallest absolute Gasteiger partial charge is 0.191 e. The van der Waals surface area contributed by atoms with E-state index in [1.54, 1.807) is 11.3 Å². The molecule has 3 rings (SSSR count). The number of nitrogens with zero attached hydrogens (tertiary/aromatic N) is 4. The molecule has 24 heavy (non-hydrogen) atoms. The zero-order valence-electron chi connectivity index (χ0n) is 15.1. The molecule has 1 aromatic rings. The average Bonchev–Trinajstić information content (AvgIpc) is 3.31. The van der Waals surface area contributed by atoms with Crippen molar-refractivity contribution in [2.45, 2.75) is 51.2 Å². The molecule has 6 nitrogen and oxygen atoms in total. The second kappa shape index (κ2) is 8.16. The molecule has 134 valence electrons. The van der Waals surface area contributed by atoms with E-state index in [0.717, 1.165) is 29.4 Å². The normalized spacial score (nSPS) is 20.2. The van der Waals surface area contributed by atoms with Gasteiger partial charge in [0, 0.05) is 51.2 Å². The predicted octanol–water partition coefficient (Wildman–Crippen LogP) is 1.89. The minimum Gasteiger partial charge on any atom is -0.357 e. The lowest BCUT2D eigenvalue weighted by Crippen LogP contribution is -2.49. The maximum atomic E-state index is 4.72. The topological polar surface area (TPSA) is 55.8 Å². The van der Waals surface area contributed by atoms with E-state index in [1.165, 1.54) is 38.8 Å². The lowest BCUT2D eigenvalue weighted by atomic mass is 10.1. The molecule has 7 heteroatoms. The summed E-state index contributed by atoms with van der Waals surface area (Å²) in [5.74, 6) is 0.918. The Morgan fingerprint density at radius 2 is 2.08 bits per heavy atom. The molecule has 2 heterocycles. The van der Waals surface area contributed by atoms with Gasteiger partial charge in [0.15, 0.2) is 11.1 Å². The Hall–Kier alpha value is -1.34. The van der Waals surface area contributed by atoms with E-state index in [1.807, 2.05) is 19.0 Å². The summed E-state index contributed by atoms with van der Waals surface area (Å²) >= 11 is 1.67. The molecule has 0 radical (unpaired) electrons. The van der Waals surface area contributed by atoms with Gasteiger partial charge in [-0.25, -0.2) is 9.98 Å². The molecule has 1 aliphatic heterocycles. The highest BCUT2D eigenvalue weighted by Gasteiger charge is 2.31. The van der Waals surface area contributed by atoms with E-state index in [9.17, 15) is 0 Å². The third-order valence-corrected chi connectivity index (χ3v) is 5.66. The number of nitrogens with one attached hydrogen (secondary N) is 2. The van der Waals surface area contributed by atoms with Gasteiger partial charge in [-0.3, -0.25) is 0 Å². The van der Waals surface area contributed by atoms with Crippen molar-refractivity contribution in [2.24, 2.45) is 4.99 Å². The number of guanidine groups is 1. The maximum absolute atomic E-state index is 4.72. The van der Waals surface area contributed by atoms with Crippen molar-refractivity contribution < 1.29 is 0 Å². The van der Waals surface area contributed by atoms with Crippen LogP contribution in [0.2, 0.25) is 0 Å². The number of aliphatic imine (C=N–C) groups is 1. The van der Waals surface area contributed by atoms with Crippen LogP contribution in [0.5, 0.6) is 0 Å². The van der Waals surface area contributed by atoms with Crippen LogP contribution >= 0.6 is 11.3 Å². The number of thiazole rings is 1. The van der Waals surface area contributed by atoms with E-state index in [0.29, 0.717) is 12.6 Å². The van der Waals surface area contributed by atoms with Gasteiger partial charge >= 0.3 is 0 Å². The van der Waals surface area contributed by atoms with Gasteiger partial charge in [0.25, 0.3) is 0 Å². The molecule has 2 N–H and O–H groups in total. The molecule has 0 unspecified atom stereocenters. The number of piperidine rings is 1. The molecule has 0 aromatic carbocycles. The molecule has 2 fully saturated rings. The molecule has 1 aromatic heterocycles. The Morgan fingerprint density at radius 3 is 2.67 bits per heavy atom. The molecule has 0 bridgehead atoms. The van der Waals surface area contributed by atoms with E-state index >= 15 is 0 Å². The van der Waals surface area contributed by atoms with Crippen molar-refractivity contribution in [1.29, 1.82) is 0 Å². The lowest BCUT2D eigenvalue weighted by molar-refractivity contribution is 0.197. The summed E-state index contributed by atoms with van der Waals surface area (Å²) < 4.78 is 0. The summed E-state index contributed by atoms with van der Waals surface area (Å²) in [7, 11) is 4.04. The fourth-order valence-electron chi connectivity index (χ4n) is 3.10. The zero-order chi connectivity index (χ0) is 16.9. The highest BCUT2D eigenvalue weighted by atomic mass is 32.1. The molecule has 1 aliphatic carbocycles. The van der Waals surface area contributed by atoms with E-state index < -0.39 is 0 Å². The Kier molecular flexibility index (Phi) is 5.94. The first-order valence-electron chi connectivity index (χ1n) is 9.06. The minimum absolute atomic E-state index is 0.533. The molecule has 1 saturated heterocycles. The summed E-state index contributed by atoms with van der Waals surface area (Å²) in [4.78, 5) is 14.0. The van der Waals surface area contributed by atoms with Crippen LogP contribution < -0.4 is 15.5 Å². The van der Waals surface area contributed by atoms with Crippen molar-refractivity contribution in [3.8, 4) is 0 Å². The Morgan fingerprint density at radius 1 is 1.33 bits per heavy atom. The Bertz CT molecular complexity index is 543. The van der Waals surface area contributed by atoms with Gasteiger partial charge in [0.1, 0.15) is 0 Å². The Balaban J connectivity index is 1.51. The van der Waals surface area contributed by atoms with Crippen molar-refractivity contribution in [2.75, 3.05) is 38.6 Å². The number of rotatable bonds is 6. The Labute approximate surface area is 149 Å². The van der Waals surface area contributed by atoms with E-state index in [4.69, 9.17) is 4.99 Å². The first-order valence-corrected chi connectivity index (χ1v) is 9.94. The summed E-state index contributed by atoms with van der Waals surface area (Å²) in [6.45, 7) is 6.06. The number of hydrogen-bond donors (Lipinski definition) is 2. The standard InChI is InChI=1S/C17H30N6S/c1-4-18-16(19-11-14-12-24-17(21-14)22(2)3)20-13-7-9-23(10-8-13)15-5-6-15/h12-13,15H,4-11H2,1-3H3,(H2,18,19,20). The van der Waals surface area contributed by atoms with Gasteiger partial charge in [-0.15, -0.1) is 11.3 Å². The summed E-state index contributed by atoms with van der Waals surface area (Å²) in [6.07, 6.45) is 5.24. The van der Waals surface area contributed by atoms with E-state index in [-0.39, 0.29) is 0 Å². The molecule has 2 aliphatic rings. The maximum Gasteiger partial charge on any atom is 0.191 e. The molecular formula is C17H30N6S. The first kappa shape index (κ1) is 17.5. The van der Waals surface area contributed by atoms with Crippen molar-refractivity contribution in [3.05, 3.63) is 11.1 Å². The SMILES string of the molecule is CCNC(=NCc1csc(N(C)C)n1)NC1CCN(C2CC2)CC1. The number of anilines is 1. The van der Waals surface area contributed by atoms with Crippen LogP contribution in [0.25, 0.3) is 0 Å². The molecule has 0 atom stereocenters. The fourth-order valence-corrected chi connectivity index (χ4v) is 3.85. The summed E-state index contributed by atoms with van der Waals surface area (Å²) in [5.41, 5.74) is 1.03. The van der Waals surface area contributed by atoms with Crippen LogP contribution in [0.4, 0.5) is 5.13 Å². The van der Waals surface area contributed by atoms with Crippen LogP contribution in [0.3, 0.4) is 0 Å². The van der Waals surface area contributed by atoms with Crippen molar-refractivity contribution >= 4 is 22.4 Å². The van der Waals surface area contributed by atoms with Crippen LogP contribution in [0.1, 0.15) is 38.3 Å². The van der Waals surface area contributed by atoms with Crippen molar-refractivity contribution in [3.63, 3.8) is 0 Å². The van der Waals surface area contributed by atoms with Gasteiger partial charge in [-0.2, -0.15) is 0 Å².